The number of methoxy groups -OCH3 is 1. The zero-order valence-electron chi connectivity index (χ0n) is 16.8. The van der Waals surface area contributed by atoms with Crippen LogP contribution in [0.5, 0.6) is 5.75 Å². The molecule has 2 aliphatic rings. The molecule has 2 aliphatic heterocycles. The number of carbonyl (C=O) groups is 1. The van der Waals surface area contributed by atoms with Crippen molar-refractivity contribution in [2.24, 2.45) is 4.99 Å². The second-order valence-electron chi connectivity index (χ2n) is 6.59. The second-order valence-corrected chi connectivity index (χ2v) is 7.57. The topological polar surface area (TPSA) is 45.1 Å². The maximum absolute atomic E-state index is 13.2. The molecule has 0 unspecified atom stereocenters. The van der Waals surface area contributed by atoms with E-state index in [2.05, 4.69) is 30.0 Å². The first-order chi connectivity index (χ1) is 14.2. The molecule has 0 radical (unpaired) electrons. The van der Waals surface area contributed by atoms with Crippen LogP contribution in [0.4, 0.5) is 11.4 Å². The fourth-order valence-electron chi connectivity index (χ4n) is 3.49. The number of anilines is 1. The molecule has 0 bridgehead atoms. The molecular weight excluding hydrogens is 382 g/mol. The van der Waals surface area contributed by atoms with Crippen LogP contribution in [0.15, 0.2) is 70.2 Å². The first-order valence-corrected chi connectivity index (χ1v) is 10.5. The van der Waals surface area contributed by atoms with Gasteiger partial charge in [0.15, 0.2) is 5.17 Å². The van der Waals surface area contributed by atoms with Crippen LogP contribution in [0.2, 0.25) is 0 Å². The van der Waals surface area contributed by atoms with Gasteiger partial charge >= 0.3 is 0 Å². The normalized spacial score (nSPS) is 19.8. The lowest BCUT2D eigenvalue weighted by molar-refractivity contribution is -0.122. The number of hydrogen-bond donors (Lipinski definition) is 0. The van der Waals surface area contributed by atoms with Crippen molar-refractivity contribution in [1.82, 2.24) is 4.90 Å². The zero-order valence-corrected chi connectivity index (χ0v) is 17.6. The highest BCUT2D eigenvalue weighted by atomic mass is 32.2. The number of ether oxygens (including phenoxy) is 1. The predicted molar refractivity (Wildman–Crippen MR) is 121 cm³/mol. The third-order valence-electron chi connectivity index (χ3n) is 4.97. The van der Waals surface area contributed by atoms with Gasteiger partial charge in [-0.15, -0.1) is 0 Å². The second kappa shape index (κ2) is 8.17. The molecule has 29 heavy (non-hydrogen) atoms. The van der Waals surface area contributed by atoms with Crippen LogP contribution in [-0.2, 0) is 4.79 Å². The molecule has 1 saturated heterocycles. The average molecular weight is 406 g/mol. The van der Waals surface area contributed by atoms with Crippen LogP contribution in [0.1, 0.15) is 19.4 Å². The summed E-state index contributed by atoms with van der Waals surface area (Å²) in [4.78, 5) is 22.6. The van der Waals surface area contributed by atoms with Gasteiger partial charge in [0.2, 0.25) is 0 Å². The number of hydrogen-bond acceptors (Lipinski definition) is 5. The van der Waals surface area contributed by atoms with Gasteiger partial charge in [0.25, 0.3) is 5.91 Å². The summed E-state index contributed by atoms with van der Waals surface area (Å²) in [7, 11) is 1.64. The van der Waals surface area contributed by atoms with Crippen LogP contribution in [0.3, 0.4) is 0 Å². The third kappa shape index (κ3) is 3.56. The summed E-state index contributed by atoms with van der Waals surface area (Å²) < 4.78 is 5.21. The quantitative estimate of drug-likeness (QED) is 0.669. The predicted octanol–water partition coefficient (Wildman–Crippen LogP) is 5.04. The summed E-state index contributed by atoms with van der Waals surface area (Å²) in [5, 5.41) is 0.702. The molecule has 0 aliphatic carbocycles. The molecule has 1 amide bonds. The maximum atomic E-state index is 13.2. The molecule has 5 nitrogen and oxygen atoms in total. The molecule has 2 heterocycles. The van der Waals surface area contributed by atoms with Crippen molar-refractivity contribution >= 4 is 40.3 Å². The number of amides is 1. The van der Waals surface area contributed by atoms with E-state index in [1.165, 1.54) is 11.8 Å². The van der Waals surface area contributed by atoms with E-state index in [0.29, 0.717) is 16.6 Å². The Kier molecular flexibility index (Phi) is 5.45. The smallest absolute Gasteiger partial charge is 0.268 e. The van der Waals surface area contributed by atoms with E-state index in [1.807, 2.05) is 49.4 Å². The van der Waals surface area contributed by atoms with E-state index in [4.69, 9.17) is 9.73 Å². The SMILES string of the molecule is CCN1C(=O)C(=C2C=Cc3ccccc3N2CC)SC1=Nc1ccc(OC)cc1. The van der Waals surface area contributed by atoms with Gasteiger partial charge in [-0.1, -0.05) is 24.3 Å². The Hall–Kier alpha value is -2.99. The Morgan fingerprint density at radius 3 is 2.38 bits per heavy atom. The van der Waals surface area contributed by atoms with Crippen LogP contribution in [-0.4, -0.2) is 36.2 Å². The molecule has 1 fully saturated rings. The number of benzene rings is 2. The lowest BCUT2D eigenvalue weighted by Gasteiger charge is -2.30. The number of amidine groups is 1. The Labute approximate surface area is 175 Å². The van der Waals surface area contributed by atoms with E-state index in [9.17, 15) is 4.79 Å². The first kappa shape index (κ1) is 19.3. The average Bonchev–Trinajstić information content (AvgIpc) is 3.08. The molecule has 0 saturated carbocycles. The summed E-state index contributed by atoms with van der Waals surface area (Å²) in [6.07, 6.45) is 4.11. The van der Waals surface area contributed by atoms with Crippen molar-refractivity contribution in [1.29, 1.82) is 0 Å². The van der Waals surface area contributed by atoms with Crippen LogP contribution in [0, 0.1) is 0 Å². The minimum atomic E-state index is 0.00208. The summed E-state index contributed by atoms with van der Waals surface area (Å²) in [6, 6.07) is 15.8. The number of thioether (sulfide) groups is 1. The van der Waals surface area contributed by atoms with Gasteiger partial charge in [-0.3, -0.25) is 9.69 Å². The van der Waals surface area contributed by atoms with Gasteiger partial charge < -0.3 is 9.64 Å². The van der Waals surface area contributed by atoms with Gasteiger partial charge in [-0.25, -0.2) is 4.99 Å². The Morgan fingerprint density at radius 1 is 0.966 bits per heavy atom. The highest BCUT2D eigenvalue weighted by molar-refractivity contribution is 8.18. The number of carbonyl (C=O) groups excluding carboxylic acids is 1. The number of fused-ring (bicyclic) bond motifs is 1. The van der Waals surface area contributed by atoms with Gasteiger partial charge in [0.1, 0.15) is 10.7 Å². The van der Waals surface area contributed by atoms with E-state index < -0.39 is 0 Å². The van der Waals surface area contributed by atoms with Crippen molar-refractivity contribution < 1.29 is 9.53 Å². The molecule has 0 N–H and O–H groups in total. The summed E-state index contributed by atoms with van der Waals surface area (Å²) >= 11 is 1.44. The number of rotatable bonds is 4. The molecule has 148 valence electrons. The fourth-order valence-corrected chi connectivity index (χ4v) is 4.63. The van der Waals surface area contributed by atoms with Gasteiger partial charge in [0.05, 0.1) is 18.5 Å². The monoisotopic (exact) mass is 405 g/mol. The maximum Gasteiger partial charge on any atom is 0.268 e. The number of nitrogens with zero attached hydrogens (tertiary/aromatic N) is 3. The van der Waals surface area contributed by atoms with Gasteiger partial charge in [0, 0.05) is 18.8 Å². The molecule has 6 heteroatoms. The van der Waals surface area contributed by atoms with E-state index in [0.717, 1.165) is 34.9 Å². The van der Waals surface area contributed by atoms with Crippen LogP contribution < -0.4 is 9.64 Å². The summed E-state index contributed by atoms with van der Waals surface area (Å²) in [5.74, 6) is 0.783. The van der Waals surface area contributed by atoms with Gasteiger partial charge in [-0.05, 0) is 67.6 Å². The molecular formula is C23H23N3O2S. The molecule has 4 rings (SSSR count). The van der Waals surface area contributed by atoms with E-state index in [-0.39, 0.29) is 5.91 Å². The Balaban J connectivity index is 1.73. The lowest BCUT2D eigenvalue weighted by atomic mass is 10.1. The largest absolute Gasteiger partial charge is 0.497 e. The highest BCUT2D eigenvalue weighted by Gasteiger charge is 2.36. The molecule has 0 atom stereocenters. The van der Waals surface area contributed by atoms with Crippen molar-refractivity contribution in [3.63, 3.8) is 0 Å². The van der Waals surface area contributed by atoms with Crippen molar-refractivity contribution in [3.05, 3.63) is 70.8 Å². The fraction of sp³-hybridized carbons (Fsp3) is 0.217. The number of likely N-dealkylation sites (N-methyl/N-ethyl adjacent to an activating group) is 2. The molecule has 2 aromatic carbocycles. The Morgan fingerprint density at radius 2 is 1.69 bits per heavy atom. The molecule has 0 aromatic heterocycles. The minimum absolute atomic E-state index is 0.00208. The number of para-hydroxylation sites is 1. The molecule has 2 aromatic rings. The number of allylic oxidation sites excluding steroid dienone is 1. The molecule has 0 spiro atoms. The number of aliphatic imine (C=N–C) groups is 1. The van der Waals surface area contributed by atoms with Crippen molar-refractivity contribution in [2.45, 2.75) is 13.8 Å². The summed E-state index contributed by atoms with van der Waals surface area (Å²) in [6.45, 7) is 5.43. The minimum Gasteiger partial charge on any atom is -0.497 e. The van der Waals surface area contributed by atoms with Crippen LogP contribution in [0.25, 0.3) is 6.08 Å². The zero-order chi connectivity index (χ0) is 20.4. The Bertz CT molecular complexity index is 1020. The van der Waals surface area contributed by atoms with E-state index in [1.54, 1.807) is 12.0 Å². The van der Waals surface area contributed by atoms with Crippen molar-refractivity contribution in [2.75, 3.05) is 25.1 Å². The highest BCUT2D eigenvalue weighted by Crippen LogP contribution is 2.40. The van der Waals surface area contributed by atoms with Crippen LogP contribution >= 0.6 is 11.8 Å². The van der Waals surface area contributed by atoms with Crippen molar-refractivity contribution in [3.8, 4) is 5.75 Å². The lowest BCUT2D eigenvalue weighted by Crippen LogP contribution is -2.30. The van der Waals surface area contributed by atoms with Gasteiger partial charge in [-0.2, -0.15) is 0 Å². The van der Waals surface area contributed by atoms with E-state index >= 15 is 0 Å². The third-order valence-corrected chi connectivity index (χ3v) is 6.05. The first-order valence-electron chi connectivity index (χ1n) is 9.67. The summed E-state index contributed by atoms with van der Waals surface area (Å²) in [5.41, 5.74) is 4.01. The standard InChI is InChI=1S/C23H23N3O2S/c1-4-25-19-9-7-6-8-16(19)10-15-20(25)21-22(27)26(5-2)23(29-21)24-17-11-13-18(28-3)14-12-17/h6-15H,4-5H2,1-3H3.